The van der Waals surface area contributed by atoms with Crippen LogP contribution in [0.3, 0.4) is 0 Å². The third kappa shape index (κ3) is 2.87. The molecule has 0 saturated heterocycles. The molecule has 1 aliphatic heterocycles. The van der Waals surface area contributed by atoms with Crippen LogP contribution in [-0.2, 0) is 11.2 Å². The molecule has 1 aromatic heterocycles. The third-order valence-corrected chi connectivity index (χ3v) is 4.86. The first kappa shape index (κ1) is 15.3. The van der Waals surface area contributed by atoms with Crippen molar-refractivity contribution < 1.29 is 14.3 Å². The van der Waals surface area contributed by atoms with Gasteiger partial charge < -0.3 is 14.8 Å². The number of nitrogens with zero attached hydrogens (tertiary/aromatic N) is 1. The van der Waals surface area contributed by atoms with Crippen LogP contribution in [-0.4, -0.2) is 29.3 Å². The molecule has 0 unspecified atom stereocenters. The number of carbonyl (C=O) groups excluding carboxylic acids is 1. The van der Waals surface area contributed by atoms with E-state index in [2.05, 4.69) is 27.6 Å². The summed E-state index contributed by atoms with van der Waals surface area (Å²) in [4.78, 5) is 12.5. The lowest BCUT2D eigenvalue weighted by molar-refractivity contribution is -0.115. The largest absolute Gasteiger partial charge is 0.486 e. The first-order valence-corrected chi connectivity index (χ1v) is 8.93. The van der Waals surface area contributed by atoms with E-state index in [4.69, 9.17) is 9.47 Å². The van der Waals surface area contributed by atoms with Crippen molar-refractivity contribution in [1.82, 2.24) is 10.2 Å². The number of amides is 1. The molecule has 2 aromatic carbocycles. The number of hydrogen-bond acceptors (Lipinski definition) is 4. The Hall–Kier alpha value is -3.02. The summed E-state index contributed by atoms with van der Waals surface area (Å²) in [5, 5.41) is 11.1. The Balaban J connectivity index is 1.34. The third-order valence-electron chi connectivity index (χ3n) is 4.86. The zero-order valence-corrected chi connectivity index (χ0v) is 14.2. The van der Waals surface area contributed by atoms with Gasteiger partial charge in [-0.25, -0.2) is 0 Å². The van der Waals surface area contributed by atoms with E-state index >= 15 is 0 Å². The quantitative estimate of drug-likeness (QED) is 0.757. The van der Waals surface area contributed by atoms with Crippen LogP contribution in [0, 0.1) is 0 Å². The lowest BCUT2D eigenvalue weighted by Crippen LogP contribution is -2.17. The molecule has 6 nitrogen and oxygen atoms in total. The number of hydrogen-bond donors (Lipinski definition) is 2. The van der Waals surface area contributed by atoms with Crippen molar-refractivity contribution in [2.75, 3.05) is 18.5 Å². The van der Waals surface area contributed by atoms with Gasteiger partial charge in [0.1, 0.15) is 13.2 Å². The van der Waals surface area contributed by atoms with Crippen LogP contribution in [0.15, 0.2) is 36.4 Å². The van der Waals surface area contributed by atoms with Crippen molar-refractivity contribution >= 4 is 22.6 Å². The van der Waals surface area contributed by atoms with Gasteiger partial charge in [-0.15, -0.1) is 0 Å². The van der Waals surface area contributed by atoms with E-state index in [1.54, 1.807) is 0 Å². The predicted octanol–water partition coefficient (Wildman–Crippen LogP) is 3.39. The summed E-state index contributed by atoms with van der Waals surface area (Å²) >= 11 is 0. The normalized spacial score (nSPS) is 15.8. The van der Waals surface area contributed by atoms with Crippen molar-refractivity contribution in [3.63, 3.8) is 0 Å². The summed E-state index contributed by atoms with van der Waals surface area (Å²) in [7, 11) is 0. The van der Waals surface area contributed by atoms with Crippen LogP contribution < -0.4 is 14.8 Å². The molecular formula is C20H19N3O3. The Labute approximate surface area is 150 Å². The van der Waals surface area contributed by atoms with E-state index in [1.165, 1.54) is 18.4 Å². The minimum atomic E-state index is -0.105. The smallest absolute Gasteiger partial charge is 0.230 e. The van der Waals surface area contributed by atoms with Crippen LogP contribution in [0.4, 0.5) is 5.82 Å². The Bertz CT molecular complexity index is 991. The minimum Gasteiger partial charge on any atom is -0.486 e. The van der Waals surface area contributed by atoms with Crippen LogP contribution >= 0.6 is 0 Å². The van der Waals surface area contributed by atoms with E-state index < -0.39 is 0 Å². The fraction of sp³-hybridized carbons (Fsp3) is 0.300. The second-order valence-corrected chi connectivity index (χ2v) is 6.85. The second kappa shape index (κ2) is 6.05. The number of benzene rings is 2. The highest BCUT2D eigenvalue weighted by Gasteiger charge is 2.24. The monoisotopic (exact) mass is 349 g/mol. The molecule has 132 valence electrons. The summed E-state index contributed by atoms with van der Waals surface area (Å²) in [6.07, 6.45) is 2.75. The fourth-order valence-corrected chi connectivity index (χ4v) is 3.36. The molecule has 1 saturated carbocycles. The Morgan fingerprint density at radius 2 is 1.96 bits per heavy atom. The Morgan fingerprint density at radius 1 is 1.12 bits per heavy atom. The summed E-state index contributed by atoms with van der Waals surface area (Å²) in [6, 6.07) is 11.9. The fourth-order valence-electron chi connectivity index (χ4n) is 3.36. The van der Waals surface area contributed by atoms with Gasteiger partial charge in [-0.05, 0) is 54.2 Å². The number of nitrogens with one attached hydrogen (secondary N) is 2. The van der Waals surface area contributed by atoms with Gasteiger partial charge in [0.2, 0.25) is 5.91 Å². The average Bonchev–Trinajstić information content (AvgIpc) is 3.44. The number of aromatic amines is 1. The molecule has 2 heterocycles. The molecule has 1 fully saturated rings. The maximum atomic E-state index is 12.5. The number of H-pyrrole nitrogens is 1. The van der Waals surface area contributed by atoms with Crippen molar-refractivity contribution in [2.24, 2.45) is 0 Å². The van der Waals surface area contributed by atoms with Crippen LogP contribution in [0.25, 0.3) is 10.9 Å². The molecule has 0 radical (unpaired) electrons. The molecule has 1 aliphatic carbocycles. The minimum absolute atomic E-state index is 0.105. The van der Waals surface area contributed by atoms with Crippen molar-refractivity contribution in [1.29, 1.82) is 0 Å². The summed E-state index contributed by atoms with van der Waals surface area (Å²) in [5.41, 5.74) is 3.13. The van der Waals surface area contributed by atoms with Crippen LogP contribution in [0.2, 0.25) is 0 Å². The maximum absolute atomic E-state index is 12.5. The molecule has 0 atom stereocenters. The molecule has 3 aromatic rings. The van der Waals surface area contributed by atoms with Gasteiger partial charge >= 0.3 is 0 Å². The van der Waals surface area contributed by atoms with E-state index in [0.29, 0.717) is 30.7 Å². The zero-order valence-electron chi connectivity index (χ0n) is 14.2. The van der Waals surface area contributed by atoms with Gasteiger partial charge in [-0.2, -0.15) is 5.10 Å². The van der Waals surface area contributed by atoms with E-state index in [9.17, 15) is 4.79 Å². The lowest BCUT2D eigenvalue weighted by atomic mass is 10.1. The molecule has 2 N–H and O–H groups in total. The molecule has 5 rings (SSSR count). The van der Waals surface area contributed by atoms with Gasteiger partial charge in [-0.3, -0.25) is 9.89 Å². The number of carbonyl (C=O) groups is 1. The summed E-state index contributed by atoms with van der Waals surface area (Å²) in [5.74, 6) is 2.57. The predicted molar refractivity (Wildman–Crippen MR) is 97.8 cm³/mol. The van der Waals surface area contributed by atoms with Gasteiger partial charge in [0.15, 0.2) is 17.3 Å². The SMILES string of the molecule is O=C(Cc1ccc2c(c1)OCCO2)Nc1n[nH]c2ccc(C3CC3)cc12. The van der Waals surface area contributed by atoms with E-state index in [0.717, 1.165) is 22.2 Å². The Kier molecular flexibility index (Phi) is 3.55. The molecule has 0 bridgehead atoms. The van der Waals surface area contributed by atoms with Crippen molar-refractivity contribution in [3.05, 3.63) is 47.5 Å². The topological polar surface area (TPSA) is 76.2 Å². The van der Waals surface area contributed by atoms with Gasteiger partial charge in [0.25, 0.3) is 0 Å². The van der Waals surface area contributed by atoms with Crippen LogP contribution in [0.5, 0.6) is 11.5 Å². The van der Waals surface area contributed by atoms with E-state index in [1.807, 2.05) is 24.3 Å². The summed E-state index contributed by atoms with van der Waals surface area (Å²) in [6.45, 7) is 1.09. The first-order chi connectivity index (χ1) is 12.8. The van der Waals surface area contributed by atoms with Crippen molar-refractivity contribution in [3.8, 4) is 11.5 Å². The summed E-state index contributed by atoms with van der Waals surface area (Å²) < 4.78 is 11.1. The molecular weight excluding hydrogens is 330 g/mol. The highest BCUT2D eigenvalue weighted by atomic mass is 16.6. The van der Waals surface area contributed by atoms with Gasteiger partial charge in [0, 0.05) is 5.39 Å². The number of fused-ring (bicyclic) bond motifs is 2. The second-order valence-electron chi connectivity index (χ2n) is 6.85. The lowest BCUT2D eigenvalue weighted by Gasteiger charge is -2.18. The first-order valence-electron chi connectivity index (χ1n) is 8.93. The number of ether oxygens (including phenoxy) is 2. The molecule has 26 heavy (non-hydrogen) atoms. The van der Waals surface area contributed by atoms with E-state index in [-0.39, 0.29) is 12.3 Å². The zero-order chi connectivity index (χ0) is 17.5. The molecule has 6 heteroatoms. The molecule has 2 aliphatic rings. The number of aromatic nitrogens is 2. The van der Waals surface area contributed by atoms with Gasteiger partial charge in [0.05, 0.1) is 11.9 Å². The average molecular weight is 349 g/mol. The standard InChI is InChI=1S/C20H19N3O3/c24-19(10-12-1-6-17-18(9-12)26-8-7-25-17)21-20-15-11-14(13-2-3-13)4-5-16(15)22-23-20/h1,4-6,9,11,13H,2-3,7-8,10H2,(H2,21,22,23,24). The highest BCUT2D eigenvalue weighted by molar-refractivity contribution is 6.00. The number of anilines is 1. The molecule has 0 spiro atoms. The highest BCUT2D eigenvalue weighted by Crippen LogP contribution is 2.41. The Morgan fingerprint density at radius 3 is 2.81 bits per heavy atom. The number of rotatable bonds is 4. The molecule has 1 amide bonds. The maximum Gasteiger partial charge on any atom is 0.230 e. The van der Waals surface area contributed by atoms with Crippen molar-refractivity contribution in [2.45, 2.75) is 25.2 Å². The van der Waals surface area contributed by atoms with Gasteiger partial charge in [-0.1, -0.05) is 12.1 Å². The van der Waals surface area contributed by atoms with Crippen LogP contribution in [0.1, 0.15) is 29.9 Å².